The van der Waals surface area contributed by atoms with E-state index in [1.165, 1.54) is 0 Å². The third kappa shape index (κ3) is 3.94. The van der Waals surface area contributed by atoms with Crippen molar-refractivity contribution in [2.45, 2.75) is 5.25 Å². The summed E-state index contributed by atoms with van der Waals surface area (Å²) in [4.78, 5) is 11.0. The van der Waals surface area contributed by atoms with Gasteiger partial charge in [0.25, 0.3) is 0 Å². The van der Waals surface area contributed by atoms with Gasteiger partial charge in [-0.25, -0.2) is 13.2 Å². The van der Waals surface area contributed by atoms with Crippen LogP contribution in [0.25, 0.3) is 16.8 Å². The van der Waals surface area contributed by atoms with Gasteiger partial charge in [0.1, 0.15) is 19.0 Å². The van der Waals surface area contributed by atoms with Crippen molar-refractivity contribution >= 4 is 32.9 Å². The van der Waals surface area contributed by atoms with Crippen LogP contribution in [0, 0.1) is 0 Å². The van der Waals surface area contributed by atoms with Crippen LogP contribution < -0.4 is 4.74 Å². The molecule has 25 heavy (non-hydrogen) atoms. The summed E-state index contributed by atoms with van der Waals surface area (Å²) in [6, 6.07) is 10.6. The zero-order valence-electron chi connectivity index (χ0n) is 12.8. The van der Waals surface area contributed by atoms with Crippen LogP contribution in [0.15, 0.2) is 43.0 Å². The lowest BCUT2D eigenvalue weighted by molar-refractivity contribution is -0.162. The quantitative estimate of drug-likeness (QED) is 0.422. The molecule has 0 bridgehead atoms. The van der Waals surface area contributed by atoms with Gasteiger partial charge in [-0.05, 0) is 17.0 Å². The Kier molecular flexibility index (Phi) is 5.39. The highest BCUT2D eigenvalue weighted by Crippen LogP contribution is 2.28. The van der Waals surface area contributed by atoms with Crippen molar-refractivity contribution in [3.05, 3.63) is 48.5 Å². The number of hydrogen-bond acceptors (Lipinski definition) is 6. The van der Waals surface area contributed by atoms with E-state index in [4.69, 9.17) is 4.74 Å². The summed E-state index contributed by atoms with van der Waals surface area (Å²) in [6.45, 7) is 2.75. The molecular weight excluding hydrogens is 358 g/mol. The molecule has 0 atom stereocenters. The highest BCUT2D eigenvalue weighted by atomic mass is 32.2. The molecule has 2 aromatic rings. The maximum absolute atomic E-state index is 12.9. The molecule has 0 saturated heterocycles. The molecule has 0 fully saturated rings. The molecule has 0 amide bonds. The summed E-state index contributed by atoms with van der Waals surface area (Å²) in [6.07, 6.45) is 1.67. The highest BCUT2D eigenvalue weighted by Gasteiger charge is 2.48. The largest absolute Gasteiger partial charge is 0.743 e. The van der Waals surface area contributed by atoms with Gasteiger partial charge in [-0.15, -0.1) is 0 Å². The number of carbonyl (C=O) groups is 1. The van der Waals surface area contributed by atoms with E-state index in [9.17, 15) is 26.5 Å². The first-order valence-electron chi connectivity index (χ1n) is 6.96. The predicted molar refractivity (Wildman–Crippen MR) is 85.1 cm³/mol. The molecule has 0 N–H and O–H groups in total. The number of halogens is 2. The van der Waals surface area contributed by atoms with Crippen molar-refractivity contribution in [1.82, 2.24) is 0 Å². The second kappa shape index (κ2) is 7.16. The Hall–Kier alpha value is -2.52. The molecule has 0 heterocycles. The number of benzene rings is 2. The molecule has 0 saturated carbocycles. The standard InChI is InChI=1S/C16H14F2O6S/c1-2-11-5-3-7-13-12(11)6-4-8-14(13)23-9-10-24-15(19)16(17,18)25(20,21)22/h2-8H,1,9-10H2,(H,20,21,22)/p-1. The minimum Gasteiger partial charge on any atom is -0.743 e. The van der Waals surface area contributed by atoms with E-state index in [1.54, 1.807) is 30.3 Å². The summed E-state index contributed by atoms with van der Waals surface area (Å²) in [5.41, 5.74) is 0.870. The minimum atomic E-state index is -6.14. The van der Waals surface area contributed by atoms with Crippen LogP contribution >= 0.6 is 0 Å². The van der Waals surface area contributed by atoms with E-state index in [-0.39, 0.29) is 6.61 Å². The lowest BCUT2D eigenvalue weighted by Gasteiger charge is -2.18. The molecule has 2 rings (SSSR count). The third-order valence-electron chi connectivity index (χ3n) is 3.26. The van der Waals surface area contributed by atoms with Crippen LogP contribution in [0.2, 0.25) is 0 Å². The zero-order chi connectivity index (χ0) is 18.7. The zero-order valence-corrected chi connectivity index (χ0v) is 13.6. The van der Waals surface area contributed by atoms with Gasteiger partial charge < -0.3 is 14.0 Å². The van der Waals surface area contributed by atoms with Gasteiger partial charge >= 0.3 is 11.2 Å². The van der Waals surface area contributed by atoms with E-state index < -0.39 is 27.9 Å². The molecular formula is C16H13F2O6S-. The topological polar surface area (TPSA) is 92.7 Å². The van der Waals surface area contributed by atoms with E-state index in [0.29, 0.717) is 5.75 Å². The molecule has 0 aliphatic heterocycles. The average molecular weight is 371 g/mol. The SMILES string of the molecule is C=Cc1cccc2c(OCCOC(=O)C(F)(F)S(=O)(=O)[O-])cccc12. The molecule has 9 heteroatoms. The van der Waals surface area contributed by atoms with E-state index >= 15 is 0 Å². The molecule has 2 aromatic carbocycles. The number of fused-ring (bicyclic) bond motifs is 1. The molecule has 0 spiro atoms. The fourth-order valence-corrected chi connectivity index (χ4v) is 2.34. The van der Waals surface area contributed by atoms with Crippen molar-refractivity contribution in [2.24, 2.45) is 0 Å². The van der Waals surface area contributed by atoms with Gasteiger partial charge in [0.2, 0.25) is 0 Å². The number of esters is 1. The number of alkyl halides is 2. The number of carbonyl (C=O) groups excluding carboxylic acids is 1. The molecule has 6 nitrogen and oxygen atoms in total. The third-order valence-corrected chi connectivity index (χ3v) is 4.06. The number of hydrogen-bond donors (Lipinski definition) is 0. The van der Waals surface area contributed by atoms with Gasteiger partial charge in [-0.3, -0.25) is 0 Å². The summed E-state index contributed by atoms with van der Waals surface area (Å²) >= 11 is 0. The van der Waals surface area contributed by atoms with Gasteiger partial charge in [0, 0.05) is 5.39 Å². The molecule has 134 valence electrons. The van der Waals surface area contributed by atoms with Crippen LogP contribution in [0.1, 0.15) is 5.56 Å². The van der Waals surface area contributed by atoms with E-state index in [1.807, 2.05) is 12.1 Å². The minimum absolute atomic E-state index is 0.307. The second-order valence-corrected chi connectivity index (χ2v) is 6.28. The van der Waals surface area contributed by atoms with Crippen molar-refractivity contribution < 1.29 is 36.0 Å². The first-order valence-corrected chi connectivity index (χ1v) is 8.37. The molecule has 0 unspecified atom stereocenters. The van der Waals surface area contributed by atoms with Crippen LogP contribution in [-0.4, -0.2) is 37.4 Å². The number of rotatable bonds is 7. The van der Waals surface area contributed by atoms with Crippen LogP contribution in [-0.2, 0) is 19.6 Å². The fourth-order valence-electron chi connectivity index (χ4n) is 2.08. The highest BCUT2D eigenvalue weighted by molar-refractivity contribution is 7.87. The van der Waals surface area contributed by atoms with Crippen molar-refractivity contribution in [2.75, 3.05) is 13.2 Å². The summed E-state index contributed by atoms with van der Waals surface area (Å²) < 4.78 is 66.3. The Morgan fingerprint density at radius 1 is 1.16 bits per heavy atom. The van der Waals surface area contributed by atoms with Crippen LogP contribution in [0.5, 0.6) is 5.75 Å². The van der Waals surface area contributed by atoms with Crippen molar-refractivity contribution in [3.8, 4) is 5.75 Å². The normalized spacial score (nSPS) is 12.0. The Morgan fingerprint density at radius 3 is 2.44 bits per heavy atom. The van der Waals surface area contributed by atoms with Gasteiger partial charge in [0.05, 0.1) is 0 Å². The monoisotopic (exact) mass is 371 g/mol. The maximum atomic E-state index is 12.9. The van der Waals surface area contributed by atoms with Crippen LogP contribution in [0.3, 0.4) is 0 Å². The van der Waals surface area contributed by atoms with E-state index in [2.05, 4.69) is 11.3 Å². The lowest BCUT2D eigenvalue weighted by Crippen LogP contribution is -2.39. The fraction of sp³-hybridized carbons (Fsp3) is 0.188. The molecule has 0 aliphatic rings. The second-order valence-electron chi connectivity index (χ2n) is 4.86. The van der Waals surface area contributed by atoms with E-state index in [0.717, 1.165) is 16.3 Å². The Bertz CT molecular complexity index is 908. The summed E-state index contributed by atoms with van der Waals surface area (Å²) in [7, 11) is -6.14. The molecule has 0 radical (unpaired) electrons. The Morgan fingerprint density at radius 2 is 1.80 bits per heavy atom. The van der Waals surface area contributed by atoms with Gasteiger partial charge in [-0.1, -0.05) is 43.0 Å². The maximum Gasteiger partial charge on any atom is 0.428 e. The van der Waals surface area contributed by atoms with Gasteiger partial charge in [0.15, 0.2) is 10.1 Å². The Balaban J connectivity index is 2.03. The first kappa shape index (κ1) is 18.8. The summed E-state index contributed by atoms with van der Waals surface area (Å²) in [5, 5.41) is -3.54. The average Bonchev–Trinajstić information content (AvgIpc) is 2.56. The van der Waals surface area contributed by atoms with Crippen molar-refractivity contribution in [1.29, 1.82) is 0 Å². The van der Waals surface area contributed by atoms with Gasteiger partial charge in [-0.2, -0.15) is 8.78 Å². The lowest BCUT2D eigenvalue weighted by atomic mass is 10.0. The van der Waals surface area contributed by atoms with Crippen LogP contribution in [0.4, 0.5) is 8.78 Å². The van der Waals surface area contributed by atoms with Crippen molar-refractivity contribution in [3.63, 3.8) is 0 Å². The molecule has 0 aromatic heterocycles. The predicted octanol–water partition coefficient (Wildman–Crippen LogP) is 2.54. The molecule has 0 aliphatic carbocycles. The smallest absolute Gasteiger partial charge is 0.428 e. The number of ether oxygens (including phenoxy) is 2. The Labute approximate surface area is 142 Å². The first-order chi connectivity index (χ1) is 11.7. The summed E-state index contributed by atoms with van der Waals surface area (Å²) in [5.74, 6) is -2.02.